The molecule has 13 nitrogen and oxygen atoms in total. The molecule has 272 valence electrons. The second-order valence-corrected chi connectivity index (χ2v) is 15.1. The largest absolute Gasteiger partial charge is 0.487 e. The smallest absolute Gasteiger partial charge is 0.407 e. The molecule has 5 rings (SSSR count). The van der Waals surface area contributed by atoms with Crippen molar-refractivity contribution >= 4 is 34.0 Å². The number of carbonyl (C=O) groups is 3. The lowest BCUT2D eigenvalue weighted by Crippen LogP contribution is -2.42. The van der Waals surface area contributed by atoms with E-state index in [1.165, 1.54) is 0 Å². The first kappa shape index (κ1) is 37.2. The summed E-state index contributed by atoms with van der Waals surface area (Å²) >= 11 is 0. The second-order valence-electron chi connectivity index (χ2n) is 13.5. The number of amides is 2. The Balaban J connectivity index is 1.06. The maximum atomic E-state index is 13.4. The predicted octanol–water partition coefficient (Wildman–Crippen LogP) is 4.20. The molecule has 51 heavy (non-hydrogen) atoms. The average molecular weight is 720 g/mol. The van der Waals surface area contributed by atoms with Gasteiger partial charge in [-0.15, -0.1) is 0 Å². The number of nitrogens with zero attached hydrogens (tertiary/aromatic N) is 1. The van der Waals surface area contributed by atoms with Crippen molar-refractivity contribution in [2.75, 3.05) is 19.7 Å². The van der Waals surface area contributed by atoms with Gasteiger partial charge in [0, 0.05) is 37.4 Å². The van der Waals surface area contributed by atoms with Gasteiger partial charge in [0.25, 0.3) is 10.0 Å². The fraction of sp³-hybridized carbons (Fsp3) is 0.405. The first-order valence-corrected chi connectivity index (χ1v) is 18.3. The molecule has 0 radical (unpaired) electrons. The molecule has 0 bridgehead atoms. The number of fused-ring (bicyclic) bond motifs is 4. The van der Waals surface area contributed by atoms with E-state index in [0.29, 0.717) is 23.3 Å². The highest BCUT2D eigenvalue weighted by Gasteiger charge is 2.37. The Kier molecular flexibility index (Phi) is 10.9. The third kappa shape index (κ3) is 8.28. The summed E-state index contributed by atoms with van der Waals surface area (Å²) < 4.78 is 40.7. The van der Waals surface area contributed by atoms with Crippen molar-refractivity contribution in [2.45, 2.75) is 82.8 Å². The number of carboxylic acids is 1. The minimum absolute atomic E-state index is 0.0144. The molecule has 6 N–H and O–H groups in total. The van der Waals surface area contributed by atoms with E-state index in [9.17, 15) is 27.9 Å². The van der Waals surface area contributed by atoms with Crippen molar-refractivity contribution in [1.29, 1.82) is 0 Å². The van der Waals surface area contributed by atoms with Gasteiger partial charge in [-0.2, -0.15) is 0 Å². The number of carbonyl (C=O) groups excluding carboxylic acids is 2. The molecule has 2 amide bonds. The molecular weight excluding hydrogens is 675 g/mol. The van der Waals surface area contributed by atoms with Crippen molar-refractivity contribution in [2.24, 2.45) is 10.7 Å². The number of hydrogen-bond acceptors (Lipinski definition) is 8. The van der Waals surface area contributed by atoms with Crippen LogP contribution < -0.4 is 25.8 Å². The minimum atomic E-state index is -4.08. The monoisotopic (exact) mass is 719 g/mol. The fourth-order valence-corrected chi connectivity index (χ4v) is 8.34. The maximum absolute atomic E-state index is 13.4. The van der Waals surface area contributed by atoms with E-state index in [1.54, 1.807) is 13.8 Å². The Morgan fingerprint density at radius 3 is 2.27 bits per heavy atom. The molecule has 0 spiro atoms. The molecule has 1 unspecified atom stereocenters. The van der Waals surface area contributed by atoms with Gasteiger partial charge in [0.2, 0.25) is 11.9 Å². The van der Waals surface area contributed by atoms with Gasteiger partial charge >= 0.3 is 12.1 Å². The van der Waals surface area contributed by atoms with E-state index in [4.69, 9.17) is 15.2 Å². The average Bonchev–Trinajstić information content (AvgIpc) is 3.57. The van der Waals surface area contributed by atoms with Gasteiger partial charge < -0.3 is 30.9 Å². The zero-order valence-electron chi connectivity index (χ0n) is 29.5. The first-order valence-electron chi connectivity index (χ1n) is 16.8. The van der Waals surface area contributed by atoms with Crippen LogP contribution in [0.3, 0.4) is 0 Å². The van der Waals surface area contributed by atoms with Gasteiger partial charge in [-0.25, -0.2) is 22.7 Å². The predicted molar refractivity (Wildman–Crippen MR) is 192 cm³/mol. The fourth-order valence-electron chi connectivity index (χ4n) is 6.82. The number of ether oxygens (including phenoxy) is 2. The number of alkyl carbamates (subject to hydrolysis) is 1. The van der Waals surface area contributed by atoms with E-state index in [1.807, 2.05) is 69.3 Å². The summed E-state index contributed by atoms with van der Waals surface area (Å²) in [5.74, 6) is -1.54. The van der Waals surface area contributed by atoms with Gasteiger partial charge in [0.05, 0.1) is 4.90 Å². The Morgan fingerprint density at radius 2 is 1.65 bits per heavy atom. The molecule has 14 heteroatoms. The lowest BCUT2D eigenvalue weighted by molar-refractivity contribution is -0.142. The SMILES string of the molecule is Cc1c(C)c(S(=O)(=O)NC(N)=NCCCC(NC(=O)CCNC(=O)OCC2c3ccccc3-c3ccccc32)C(=O)O)c(C)c2c1OC(C)(C)C2. The summed E-state index contributed by atoms with van der Waals surface area (Å²) in [5, 5.41) is 14.6. The summed E-state index contributed by atoms with van der Waals surface area (Å²) in [6.07, 6.45) is -0.0636. The molecule has 3 aromatic carbocycles. The highest BCUT2D eigenvalue weighted by molar-refractivity contribution is 7.90. The van der Waals surface area contributed by atoms with Crippen LogP contribution in [-0.4, -0.2) is 68.8 Å². The molecule has 2 aliphatic rings. The van der Waals surface area contributed by atoms with E-state index >= 15 is 0 Å². The summed E-state index contributed by atoms with van der Waals surface area (Å²) in [6, 6.07) is 14.7. The highest BCUT2D eigenvalue weighted by atomic mass is 32.2. The highest BCUT2D eigenvalue weighted by Crippen LogP contribution is 2.45. The quantitative estimate of drug-likeness (QED) is 0.0977. The molecule has 1 atom stereocenters. The van der Waals surface area contributed by atoms with Crippen LogP contribution in [0.15, 0.2) is 58.4 Å². The van der Waals surface area contributed by atoms with E-state index < -0.39 is 39.6 Å². The first-order chi connectivity index (χ1) is 24.1. The number of benzene rings is 3. The van der Waals surface area contributed by atoms with Gasteiger partial charge in [0.1, 0.15) is 24.0 Å². The van der Waals surface area contributed by atoms with Crippen LogP contribution >= 0.6 is 0 Å². The lowest BCUT2D eigenvalue weighted by Gasteiger charge is -2.19. The summed E-state index contributed by atoms with van der Waals surface area (Å²) in [5.41, 5.74) is 12.6. The standard InChI is InChI=1S/C37H45N5O8S/c1-21-22(2)33(23(3)28-19-37(4,5)50-32(21)28)51(47,48)42-35(38)39-17-10-15-30(34(44)45)41-31(43)16-18-40-36(46)49-20-29-26-13-8-6-11-24(26)25-12-7-9-14-27(25)29/h6-9,11-14,29-30H,10,15-20H2,1-5H3,(H,40,46)(H,41,43)(H,44,45)(H3,38,39,42). The number of guanidine groups is 1. The number of sulfonamides is 1. The third-order valence-corrected chi connectivity index (χ3v) is 11.0. The Morgan fingerprint density at radius 1 is 1.02 bits per heavy atom. The molecule has 1 heterocycles. The number of aliphatic imine (C=N–C) groups is 1. The van der Waals surface area contributed by atoms with Gasteiger partial charge in [-0.05, 0) is 86.4 Å². The zero-order chi connectivity index (χ0) is 37.1. The molecule has 0 saturated heterocycles. The molecular formula is C37H45N5O8S. The third-order valence-electron chi connectivity index (χ3n) is 9.33. The molecule has 0 saturated carbocycles. The Labute approximate surface area is 298 Å². The maximum Gasteiger partial charge on any atom is 0.407 e. The minimum Gasteiger partial charge on any atom is -0.487 e. The van der Waals surface area contributed by atoms with Gasteiger partial charge in [-0.1, -0.05) is 48.5 Å². The molecule has 0 fully saturated rings. The topological polar surface area (TPSA) is 199 Å². The second kappa shape index (κ2) is 15.0. The Hall–Kier alpha value is -5.11. The Bertz CT molecular complexity index is 1950. The number of rotatable bonds is 13. The van der Waals surface area contributed by atoms with Crippen LogP contribution in [0.1, 0.15) is 72.4 Å². The number of aliphatic carboxylic acids is 1. The van der Waals surface area contributed by atoms with E-state index in [2.05, 4.69) is 20.3 Å². The van der Waals surface area contributed by atoms with Crippen molar-refractivity contribution in [3.63, 3.8) is 0 Å². The van der Waals surface area contributed by atoms with E-state index in [0.717, 1.165) is 33.4 Å². The van der Waals surface area contributed by atoms with Crippen LogP contribution in [0.4, 0.5) is 4.79 Å². The number of nitrogens with two attached hydrogens (primary N) is 1. The number of carboxylic acid groups (broad SMARTS) is 1. The van der Waals surface area contributed by atoms with Crippen molar-refractivity contribution < 1.29 is 37.4 Å². The molecule has 1 aliphatic carbocycles. The zero-order valence-corrected chi connectivity index (χ0v) is 30.3. The summed E-state index contributed by atoms with van der Waals surface area (Å²) in [4.78, 5) is 40.9. The summed E-state index contributed by atoms with van der Waals surface area (Å²) in [7, 11) is -4.08. The normalized spacial score (nSPS) is 15.2. The molecule has 3 aromatic rings. The van der Waals surface area contributed by atoms with Crippen LogP contribution in [0.2, 0.25) is 0 Å². The van der Waals surface area contributed by atoms with Crippen LogP contribution in [0.5, 0.6) is 5.75 Å². The van der Waals surface area contributed by atoms with Crippen LogP contribution in [0.25, 0.3) is 11.1 Å². The molecule has 0 aromatic heterocycles. The molecule has 1 aliphatic heterocycles. The van der Waals surface area contributed by atoms with E-state index in [-0.39, 0.29) is 55.7 Å². The number of hydrogen-bond donors (Lipinski definition) is 5. The van der Waals surface area contributed by atoms with Crippen molar-refractivity contribution in [3.05, 3.63) is 81.9 Å². The lowest BCUT2D eigenvalue weighted by atomic mass is 9.94. The van der Waals surface area contributed by atoms with Gasteiger partial charge in [0.15, 0.2) is 0 Å². The van der Waals surface area contributed by atoms with Crippen LogP contribution in [-0.2, 0) is 30.8 Å². The number of nitrogens with one attached hydrogen (secondary N) is 3. The van der Waals surface area contributed by atoms with Gasteiger partial charge in [-0.3, -0.25) is 9.79 Å². The summed E-state index contributed by atoms with van der Waals surface area (Å²) in [6.45, 7) is 9.28. The van der Waals surface area contributed by atoms with Crippen molar-refractivity contribution in [3.8, 4) is 16.9 Å². The van der Waals surface area contributed by atoms with Crippen LogP contribution in [0, 0.1) is 20.8 Å². The van der Waals surface area contributed by atoms with Crippen molar-refractivity contribution in [1.82, 2.24) is 15.4 Å².